The zero-order chi connectivity index (χ0) is 23.0. The number of benzene rings is 2. The number of quaternary nitrogens is 1. The summed E-state index contributed by atoms with van der Waals surface area (Å²) in [5, 5.41) is 14.9. The van der Waals surface area contributed by atoms with Crippen LogP contribution in [0.25, 0.3) is 17.2 Å². The van der Waals surface area contributed by atoms with Gasteiger partial charge in [0.1, 0.15) is 7.05 Å². The quantitative estimate of drug-likeness (QED) is 0.491. The number of aliphatic imine (C=N–C) groups is 1. The molecule has 1 N–H and O–H groups in total. The fourth-order valence-electron chi connectivity index (χ4n) is 3.99. The highest BCUT2D eigenvalue weighted by molar-refractivity contribution is 6.08. The van der Waals surface area contributed by atoms with E-state index in [2.05, 4.69) is 59.0 Å². The summed E-state index contributed by atoms with van der Waals surface area (Å²) in [6, 6.07) is 16.1. The molecule has 0 amide bonds. The third-order valence-corrected chi connectivity index (χ3v) is 5.66. The number of hydrogen-bond donors (Lipinski definition) is 1. The lowest BCUT2D eigenvalue weighted by Gasteiger charge is -2.26. The third-order valence-electron chi connectivity index (χ3n) is 5.66. The number of esters is 1. The molecule has 0 aromatic heterocycles. The monoisotopic (exact) mass is 430 g/mol. The molecule has 0 saturated heterocycles. The first kappa shape index (κ1) is 21.7. The van der Waals surface area contributed by atoms with Gasteiger partial charge < -0.3 is 9.84 Å². The predicted octanol–water partition coefficient (Wildman–Crippen LogP) is 5.67. The molecule has 4 rings (SSSR count). The second-order valence-electron chi connectivity index (χ2n) is 8.79. The second kappa shape index (κ2) is 8.20. The Morgan fingerprint density at radius 2 is 1.69 bits per heavy atom. The van der Waals surface area contributed by atoms with Crippen LogP contribution in [0.2, 0.25) is 0 Å². The van der Waals surface area contributed by atoms with Gasteiger partial charge in [-0.05, 0) is 34.9 Å². The molecule has 32 heavy (non-hydrogen) atoms. The lowest BCUT2D eigenvalue weighted by Crippen LogP contribution is -2.45. The van der Waals surface area contributed by atoms with Crippen molar-refractivity contribution in [1.29, 1.82) is 0 Å². The van der Waals surface area contributed by atoms with Gasteiger partial charge in [0.2, 0.25) is 5.84 Å². The van der Waals surface area contributed by atoms with Gasteiger partial charge in [0.25, 0.3) is 0 Å². The van der Waals surface area contributed by atoms with Crippen molar-refractivity contribution in [2.45, 2.75) is 27.7 Å². The Bertz CT molecular complexity index is 1190. The van der Waals surface area contributed by atoms with E-state index in [0.717, 1.165) is 40.1 Å². The van der Waals surface area contributed by atoms with Gasteiger partial charge in [-0.1, -0.05) is 57.1 Å². The summed E-state index contributed by atoms with van der Waals surface area (Å²) in [6.45, 7) is 8.51. The molecule has 0 saturated carbocycles. The molecule has 2 aromatic carbocycles. The van der Waals surface area contributed by atoms with Crippen molar-refractivity contribution in [3.63, 3.8) is 0 Å². The van der Waals surface area contributed by atoms with Gasteiger partial charge in [0.15, 0.2) is 23.0 Å². The lowest BCUT2D eigenvalue weighted by atomic mass is 9.98. The molecule has 0 bridgehead atoms. The molecule has 2 aliphatic heterocycles. The standard InChI is InChI=1S/C26H27N3O3/c1-16(2)25-27-26(17(3)4)29(5,28-25)20-12-10-18(11-13-20)21-9-7-6-8-19(21)14-23-22(30)15-24(31)32-23/h6-17H,1-5H3/p+1/b23-14-. The minimum Gasteiger partial charge on any atom is -0.504 e. The molecule has 0 aliphatic carbocycles. The molecule has 164 valence electrons. The average Bonchev–Trinajstić information content (AvgIpc) is 3.28. The normalized spacial score (nSPS) is 21.8. The van der Waals surface area contributed by atoms with Gasteiger partial charge in [0.05, 0.1) is 12.0 Å². The van der Waals surface area contributed by atoms with E-state index in [1.807, 2.05) is 24.3 Å². The maximum Gasteiger partial charge on any atom is 0.340 e. The lowest BCUT2D eigenvalue weighted by molar-refractivity contribution is -0.132. The van der Waals surface area contributed by atoms with Crippen LogP contribution in [0.4, 0.5) is 5.69 Å². The molecule has 2 aromatic rings. The van der Waals surface area contributed by atoms with E-state index in [9.17, 15) is 9.90 Å². The van der Waals surface area contributed by atoms with Crippen molar-refractivity contribution >= 4 is 29.4 Å². The molecule has 1 atom stereocenters. The number of nitrogens with zero attached hydrogens (tertiary/aromatic N) is 3. The van der Waals surface area contributed by atoms with Gasteiger partial charge in [-0.15, -0.1) is 4.59 Å². The van der Waals surface area contributed by atoms with E-state index in [4.69, 9.17) is 14.8 Å². The third kappa shape index (κ3) is 3.89. The summed E-state index contributed by atoms with van der Waals surface area (Å²) in [7, 11) is 2.07. The van der Waals surface area contributed by atoms with E-state index < -0.39 is 5.97 Å². The largest absolute Gasteiger partial charge is 0.504 e. The maximum atomic E-state index is 11.4. The van der Waals surface area contributed by atoms with Crippen molar-refractivity contribution < 1.29 is 14.6 Å². The zero-order valence-corrected chi connectivity index (χ0v) is 19.0. The van der Waals surface area contributed by atoms with Gasteiger partial charge >= 0.3 is 5.97 Å². The highest BCUT2D eigenvalue weighted by Gasteiger charge is 2.41. The van der Waals surface area contributed by atoms with Crippen LogP contribution in [-0.2, 0) is 9.53 Å². The second-order valence-corrected chi connectivity index (χ2v) is 8.79. The number of cyclic esters (lactones) is 1. The number of carbonyl (C=O) groups excluding carboxylic acids is 1. The van der Waals surface area contributed by atoms with Gasteiger partial charge in [-0.2, -0.15) is 4.99 Å². The molecule has 2 heterocycles. The minimum absolute atomic E-state index is 0.155. The topological polar surface area (TPSA) is 71.2 Å². The SMILES string of the molecule is CC(C)C1=N[N+](C)(c2ccc(-c3ccccc3/C=C3\OC(=O)C=C3O)cc2)C(C(C)C)=N1. The van der Waals surface area contributed by atoms with E-state index in [0.29, 0.717) is 4.59 Å². The molecular weight excluding hydrogens is 402 g/mol. The van der Waals surface area contributed by atoms with Crippen LogP contribution >= 0.6 is 0 Å². The number of carbonyl (C=O) groups is 1. The number of aliphatic hydroxyl groups is 1. The fourth-order valence-corrected chi connectivity index (χ4v) is 3.99. The van der Waals surface area contributed by atoms with Crippen LogP contribution in [-0.4, -0.2) is 29.8 Å². The first-order chi connectivity index (χ1) is 15.2. The van der Waals surface area contributed by atoms with Gasteiger partial charge in [0, 0.05) is 18.1 Å². The Morgan fingerprint density at radius 1 is 1.00 bits per heavy atom. The van der Waals surface area contributed by atoms with Crippen LogP contribution in [0.5, 0.6) is 0 Å². The Hall–Kier alpha value is -3.51. The molecular formula is C26H28N3O3+. The van der Waals surface area contributed by atoms with Crippen molar-refractivity contribution in [3.8, 4) is 11.1 Å². The van der Waals surface area contributed by atoms with Crippen molar-refractivity contribution in [1.82, 2.24) is 4.59 Å². The number of rotatable bonds is 5. The van der Waals surface area contributed by atoms with Crippen LogP contribution in [0.3, 0.4) is 0 Å². The summed E-state index contributed by atoms with van der Waals surface area (Å²) >= 11 is 0. The number of amidine groups is 2. The van der Waals surface area contributed by atoms with Crippen molar-refractivity contribution in [3.05, 3.63) is 71.7 Å². The van der Waals surface area contributed by atoms with E-state index in [1.54, 1.807) is 6.08 Å². The molecule has 0 spiro atoms. The van der Waals surface area contributed by atoms with Crippen LogP contribution in [0, 0.1) is 11.8 Å². The molecule has 1 unspecified atom stereocenters. The first-order valence-electron chi connectivity index (χ1n) is 10.8. The van der Waals surface area contributed by atoms with Crippen molar-refractivity contribution in [2.75, 3.05) is 7.05 Å². The molecule has 6 nitrogen and oxygen atoms in total. The summed E-state index contributed by atoms with van der Waals surface area (Å²) in [5.41, 5.74) is 3.86. The smallest absolute Gasteiger partial charge is 0.340 e. The highest BCUT2D eigenvalue weighted by Crippen LogP contribution is 2.34. The molecule has 0 radical (unpaired) electrons. The summed E-state index contributed by atoms with van der Waals surface area (Å²) in [6.07, 6.45) is 2.75. The fraction of sp³-hybridized carbons (Fsp3) is 0.269. The number of aliphatic hydroxyl groups excluding tert-OH is 1. The number of hydrogen-bond acceptors (Lipinski definition) is 5. The Labute approximate surface area is 188 Å². The van der Waals surface area contributed by atoms with Gasteiger partial charge in [-0.25, -0.2) is 4.79 Å². The summed E-state index contributed by atoms with van der Waals surface area (Å²) in [4.78, 5) is 16.3. The molecule has 2 aliphatic rings. The van der Waals surface area contributed by atoms with Crippen LogP contribution in [0.1, 0.15) is 33.3 Å². The van der Waals surface area contributed by atoms with Crippen molar-refractivity contribution in [2.24, 2.45) is 21.9 Å². The summed E-state index contributed by atoms with van der Waals surface area (Å²) < 4.78 is 5.41. The predicted molar refractivity (Wildman–Crippen MR) is 129 cm³/mol. The Kier molecular flexibility index (Phi) is 5.57. The first-order valence-corrected chi connectivity index (χ1v) is 10.8. The average molecular weight is 431 g/mol. The number of ether oxygens (including phenoxy) is 1. The summed E-state index contributed by atoms with van der Waals surface area (Å²) in [5.74, 6) is 1.85. The minimum atomic E-state index is -0.567. The Morgan fingerprint density at radius 3 is 2.28 bits per heavy atom. The van der Waals surface area contributed by atoms with Crippen LogP contribution in [0.15, 0.2) is 76.2 Å². The molecule has 6 heteroatoms. The highest BCUT2D eigenvalue weighted by atomic mass is 16.6. The van der Waals surface area contributed by atoms with E-state index in [-0.39, 0.29) is 23.4 Å². The Balaban J connectivity index is 1.71. The van der Waals surface area contributed by atoms with E-state index >= 15 is 0 Å². The van der Waals surface area contributed by atoms with Gasteiger partial charge in [-0.3, -0.25) is 0 Å². The van der Waals surface area contributed by atoms with Crippen LogP contribution < -0.4 is 4.59 Å². The zero-order valence-electron chi connectivity index (χ0n) is 19.0. The maximum absolute atomic E-state index is 11.4. The molecule has 0 fully saturated rings. The van der Waals surface area contributed by atoms with E-state index in [1.165, 1.54) is 0 Å².